The minimum Gasteiger partial charge on any atom is -0.464 e. The molecule has 2 aromatic rings. The fourth-order valence-corrected chi connectivity index (χ4v) is 5.95. The fraction of sp³-hybridized carbons (Fsp3) is 0.529. The van der Waals surface area contributed by atoms with Crippen molar-refractivity contribution in [2.24, 2.45) is 0 Å². The van der Waals surface area contributed by atoms with Crippen LogP contribution >= 0.6 is 11.3 Å². The molecule has 1 aliphatic heterocycles. The van der Waals surface area contributed by atoms with Gasteiger partial charge in [-0.05, 0) is 26.7 Å². The standard InChI is InChI=1S/C17H22N4O5S2/c1-5-12-14(16(23)26-4)18-17(27-12)19-15(22)13-9(2)20-21(10(13)3)11-6-7-28(24,25)8-11/h11H,5-8H2,1-4H3,(H,18,19,22)/t11-/m0/s1. The van der Waals surface area contributed by atoms with Crippen LogP contribution in [0.15, 0.2) is 0 Å². The third-order valence-electron chi connectivity index (χ3n) is 4.72. The molecule has 1 saturated heterocycles. The second-order valence-corrected chi connectivity index (χ2v) is 9.95. The number of rotatable bonds is 5. The van der Waals surface area contributed by atoms with Gasteiger partial charge in [-0.25, -0.2) is 18.2 Å². The van der Waals surface area contributed by atoms with Crippen LogP contribution in [0, 0.1) is 13.8 Å². The summed E-state index contributed by atoms with van der Waals surface area (Å²) < 4.78 is 29.9. The third-order valence-corrected chi connectivity index (χ3v) is 7.59. The number of aromatic nitrogens is 3. The molecule has 9 nitrogen and oxygen atoms in total. The molecule has 0 saturated carbocycles. The van der Waals surface area contributed by atoms with Crippen molar-refractivity contribution in [1.82, 2.24) is 14.8 Å². The molecule has 152 valence electrons. The summed E-state index contributed by atoms with van der Waals surface area (Å²) in [4.78, 5) is 29.6. The molecule has 28 heavy (non-hydrogen) atoms. The van der Waals surface area contributed by atoms with Gasteiger partial charge in [0.25, 0.3) is 5.91 Å². The van der Waals surface area contributed by atoms with Gasteiger partial charge in [-0.3, -0.25) is 14.8 Å². The van der Waals surface area contributed by atoms with Crippen molar-refractivity contribution in [1.29, 1.82) is 0 Å². The molecule has 1 N–H and O–H groups in total. The van der Waals surface area contributed by atoms with Gasteiger partial charge in [-0.1, -0.05) is 6.92 Å². The average Bonchev–Trinajstić information content (AvgIpc) is 3.29. The summed E-state index contributed by atoms with van der Waals surface area (Å²) in [5, 5.41) is 7.43. The summed E-state index contributed by atoms with van der Waals surface area (Å²) in [5.74, 6) is -0.774. The highest BCUT2D eigenvalue weighted by Crippen LogP contribution is 2.28. The zero-order chi connectivity index (χ0) is 20.6. The Labute approximate surface area is 167 Å². The van der Waals surface area contributed by atoms with Crippen molar-refractivity contribution in [2.75, 3.05) is 23.9 Å². The first-order valence-corrected chi connectivity index (χ1v) is 11.5. The number of thiazole rings is 1. The molecule has 0 aromatic carbocycles. The first kappa shape index (κ1) is 20.5. The van der Waals surface area contributed by atoms with Gasteiger partial charge in [0.2, 0.25) is 0 Å². The van der Waals surface area contributed by atoms with Crippen molar-refractivity contribution < 1.29 is 22.7 Å². The predicted octanol–water partition coefficient (Wildman–Crippen LogP) is 1.92. The number of hydrogen-bond acceptors (Lipinski definition) is 8. The minimum absolute atomic E-state index is 0.0326. The maximum atomic E-state index is 12.8. The highest BCUT2D eigenvalue weighted by Gasteiger charge is 2.32. The summed E-state index contributed by atoms with van der Waals surface area (Å²) in [6.07, 6.45) is 1.07. The lowest BCUT2D eigenvalue weighted by molar-refractivity contribution is 0.0593. The molecule has 0 unspecified atom stereocenters. The highest BCUT2D eigenvalue weighted by atomic mass is 32.2. The highest BCUT2D eigenvalue weighted by molar-refractivity contribution is 7.91. The molecule has 1 atom stereocenters. The molecule has 11 heteroatoms. The van der Waals surface area contributed by atoms with Gasteiger partial charge < -0.3 is 4.74 Å². The van der Waals surface area contributed by atoms with E-state index >= 15 is 0 Å². The van der Waals surface area contributed by atoms with Crippen LogP contribution in [0.1, 0.15) is 56.5 Å². The monoisotopic (exact) mass is 426 g/mol. The molecule has 0 spiro atoms. The number of nitrogens with zero attached hydrogens (tertiary/aromatic N) is 3. The molecular weight excluding hydrogens is 404 g/mol. The summed E-state index contributed by atoms with van der Waals surface area (Å²) in [7, 11) is -1.78. The maximum Gasteiger partial charge on any atom is 0.357 e. The lowest BCUT2D eigenvalue weighted by Gasteiger charge is -2.11. The zero-order valence-electron chi connectivity index (χ0n) is 16.1. The normalized spacial score (nSPS) is 18.2. The second kappa shape index (κ2) is 7.63. The summed E-state index contributed by atoms with van der Waals surface area (Å²) in [5.41, 5.74) is 1.71. The zero-order valence-corrected chi connectivity index (χ0v) is 17.7. The number of anilines is 1. The van der Waals surface area contributed by atoms with Crippen molar-refractivity contribution in [2.45, 2.75) is 39.7 Å². The van der Waals surface area contributed by atoms with Crippen LogP contribution in [-0.4, -0.2) is 53.7 Å². The van der Waals surface area contributed by atoms with Crippen LogP contribution < -0.4 is 5.32 Å². The number of carbonyl (C=O) groups excluding carboxylic acids is 2. The number of amides is 1. The Morgan fingerprint density at radius 3 is 2.64 bits per heavy atom. The second-order valence-electron chi connectivity index (χ2n) is 6.64. The first-order valence-electron chi connectivity index (χ1n) is 8.82. The molecule has 3 rings (SSSR count). The van der Waals surface area contributed by atoms with Crippen LogP contribution in [0.2, 0.25) is 0 Å². The number of ether oxygens (including phenoxy) is 1. The molecule has 0 bridgehead atoms. The minimum atomic E-state index is -3.06. The summed E-state index contributed by atoms with van der Waals surface area (Å²) in [6.45, 7) is 5.35. The quantitative estimate of drug-likeness (QED) is 0.725. The molecule has 0 radical (unpaired) electrons. The summed E-state index contributed by atoms with van der Waals surface area (Å²) in [6, 6.07) is -0.261. The third kappa shape index (κ3) is 3.81. The Hall–Kier alpha value is -2.27. The van der Waals surface area contributed by atoms with Gasteiger partial charge in [0.05, 0.1) is 35.9 Å². The Bertz CT molecular complexity index is 1040. The van der Waals surface area contributed by atoms with Crippen molar-refractivity contribution in [3.63, 3.8) is 0 Å². The maximum absolute atomic E-state index is 12.8. The van der Waals surface area contributed by atoms with Gasteiger partial charge in [0.15, 0.2) is 20.7 Å². The van der Waals surface area contributed by atoms with E-state index in [4.69, 9.17) is 4.74 Å². The van der Waals surface area contributed by atoms with Gasteiger partial charge in [-0.2, -0.15) is 5.10 Å². The Balaban J connectivity index is 1.86. The summed E-state index contributed by atoms with van der Waals surface area (Å²) >= 11 is 1.22. The molecular formula is C17H22N4O5S2. The van der Waals surface area contributed by atoms with Gasteiger partial charge in [0, 0.05) is 10.6 Å². The van der Waals surface area contributed by atoms with E-state index in [1.54, 1.807) is 18.5 Å². The van der Waals surface area contributed by atoms with Gasteiger partial charge in [-0.15, -0.1) is 11.3 Å². The van der Waals surface area contributed by atoms with E-state index in [9.17, 15) is 18.0 Å². The number of esters is 1. The predicted molar refractivity (Wildman–Crippen MR) is 105 cm³/mol. The van der Waals surface area contributed by atoms with E-state index in [0.29, 0.717) is 34.9 Å². The average molecular weight is 427 g/mol. The van der Waals surface area contributed by atoms with Crippen LogP contribution in [0.4, 0.5) is 5.13 Å². The van der Waals surface area contributed by atoms with E-state index in [2.05, 4.69) is 15.4 Å². The van der Waals surface area contributed by atoms with Crippen molar-refractivity contribution in [3.8, 4) is 0 Å². The van der Waals surface area contributed by atoms with Crippen LogP contribution in [0.25, 0.3) is 0 Å². The van der Waals surface area contributed by atoms with Crippen molar-refractivity contribution >= 4 is 38.2 Å². The van der Waals surface area contributed by atoms with Crippen molar-refractivity contribution in [3.05, 3.63) is 27.5 Å². The van der Waals surface area contributed by atoms with Crippen LogP contribution in [0.5, 0.6) is 0 Å². The molecule has 2 aromatic heterocycles. The number of methoxy groups -OCH3 is 1. The number of sulfone groups is 1. The lowest BCUT2D eigenvalue weighted by Crippen LogP contribution is -2.16. The number of hydrogen-bond donors (Lipinski definition) is 1. The van der Waals surface area contributed by atoms with Crippen LogP contribution in [0.3, 0.4) is 0 Å². The molecule has 0 aliphatic carbocycles. The Kier molecular flexibility index (Phi) is 5.57. The first-order chi connectivity index (χ1) is 13.2. The molecule has 1 amide bonds. The lowest BCUT2D eigenvalue weighted by atomic mass is 10.1. The number of nitrogens with one attached hydrogen (secondary N) is 1. The number of aryl methyl sites for hydroxylation is 2. The van der Waals surface area contributed by atoms with E-state index in [1.165, 1.54) is 18.4 Å². The SMILES string of the molecule is CCc1sc(NC(=O)c2c(C)nn([C@H]3CCS(=O)(=O)C3)c2C)nc1C(=O)OC. The van der Waals surface area contributed by atoms with E-state index in [1.807, 2.05) is 6.92 Å². The van der Waals surface area contributed by atoms with E-state index in [0.717, 1.165) is 4.88 Å². The topological polar surface area (TPSA) is 120 Å². The molecule has 3 heterocycles. The van der Waals surface area contributed by atoms with Gasteiger partial charge in [0.1, 0.15) is 0 Å². The van der Waals surface area contributed by atoms with Crippen LogP contribution in [-0.2, 0) is 21.0 Å². The largest absolute Gasteiger partial charge is 0.464 e. The Morgan fingerprint density at radius 1 is 1.36 bits per heavy atom. The van der Waals surface area contributed by atoms with E-state index < -0.39 is 21.7 Å². The smallest absolute Gasteiger partial charge is 0.357 e. The fourth-order valence-electron chi connectivity index (χ4n) is 3.38. The molecule has 1 fully saturated rings. The van der Waals surface area contributed by atoms with E-state index in [-0.39, 0.29) is 23.2 Å². The van der Waals surface area contributed by atoms with Gasteiger partial charge >= 0.3 is 5.97 Å². The molecule has 1 aliphatic rings. The number of carbonyl (C=O) groups is 2. The Morgan fingerprint density at radius 2 is 2.07 bits per heavy atom.